The summed E-state index contributed by atoms with van der Waals surface area (Å²) in [6, 6.07) is 10.4. The molecule has 3 rings (SSSR count). The van der Waals surface area contributed by atoms with Gasteiger partial charge in [-0.2, -0.15) is 0 Å². The molecule has 25 heavy (non-hydrogen) atoms. The zero-order chi connectivity index (χ0) is 17.7. The minimum absolute atomic E-state index is 0.000665. The lowest BCUT2D eigenvalue weighted by Gasteiger charge is -2.24. The lowest BCUT2D eigenvalue weighted by atomic mass is 9.89. The Balaban J connectivity index is 1.63. The number of hydrogen-bond acceptors (Lipinski definition) is 6. The molecule has 1 unspecified atom stereocenters. The molecule has 0 aliphatic heterocycles. The van der Waals surface area contributed by atoms with Crippen molar-refractivity contribution in [3.8, 4) is 0 Å². The number of benzene rings is 1. The summed E-state index contributed by atoms with van der Waals surface area (Å²) in [5.74, 6) is 0.457. The fourth-order valence-corrected chi connectivity index (χ4v) is 2.33. The Morgan fingerprint density at radius 1 is 1.16 bits per heavy atom. The lowest BCUT2D eigenvalue weighted by Crippen LogP contribution is -2.22. The molecule has 0 bridgehead atoms. The van der Waals surface area contributed by atoms with Gasteiger partial charge in [0, 0.05) is 18.1 Å². The molecule has 0 radical (unpaired) electrons. The van der Waals surface area contributed by atoms with Gasteiger partial charge in [0.1, 0.15) is 5.60 Å². The summed E-state index contributed by atoms with van der Waals surface area (Å²) in [7, 11) is 0. The zero-order valence-corrected chi connectivity index (χ0v) is 13.5. The maximum absolute atomic E-state index is 11.8. The third-order valence-corrected chi connectivity index (χ3v) is 3.76. The number of rotatable bonds is 5. The van der Waals surface area contributed by atoms with Crippen LogP contribution < -0.4 is 5.32 Å². The fraction of sp³-hybridized carbons (Fsp3) is 0.167. The molecule has 0 spiro atoms. The maximum Gasteiger partial charge on any atom is 0.412 e. The highest BCUT2D eigenvalue weighted by Gasteiger charge is 2.25. The normalized spacial score (nSPS) is 13.0. The van der Waals surface area contributed by atoms with Crippen molar-refractivity contribution in [3.63, 3.8) is 0 Å². The highest BCUT2D eigenvalue weighted by atomic mass is 16.6. The molecule has 2 aromatic heterocycles. The third-order valence-electron chi connectivity index (χ3n) is 3.76. The number of nitrogens with one attached hydrogen (secondary N) is 1. The van der Waals surface area contributed by atoms with E-state index < -0.39 is 11.7 Å². The van der Waals surface area contributed by atoms with Gasteiger partial charge in [-0.05, 0) is 42.3 Å². The van der Waals surface area contributed by atoms with Crippen LogP contribution in [-0.2, 0) is 16.9 Å². The summed E-state index contributed by atoms with van der Waals surface area (Å²) in [5, 5.41) is 13.4. The van der Waals surface area contributed by atoms with Gasteiger partial charge in [0.05, 0.1) is 6.20 Å². The smallest absolute Gasteiger partial charge is 0.412 e. The van der Waals surface area contributed by atoms with Gasteiger partial charge in [-0.3, -0.25) is 10.3 Å². The second-order valence-electron chi connectivity index (χ2n) is 5.55. The van der Waals surface area contributed by atoms with Gasteiger partial charge in [0.2, 0.25) is 0 Å². The van der Waals surface area contributed by atoms with Crippen molar-refractivity contribution >= 4 is 11.8 Å². The number of aromatic nitrogens is 2. The molecule has 7 nitrogen and oxygen atoms in total. The molecule has 2 heterocycles. The van der Waals surface area contributed by atoms with Gasteiger partial charge in [-0.25, -0.2) is 9.78 Å². The molecule has 3 aromatic rings. The first-order chi connectivity index (χ1) is 12.1. The van der Waals surface area contributed by atoms with E-state index >= 15 is 0 Å². The van der Waals surface area contributed by atoms with E-state index in [-0.39, 0.29) is 6.61 Å². The van der Waals surface area contributed by atoms with Crippen LogP contribution in [0.1, 0.15) is 23.8 Å². The largest absolute Gasteiger partial charge is 0.445 e. The summed E-state index contributed by atoms with van der Waals surface area (Å²) in [6.07, 6.45) is 5.40. The van der Waals surface area contributed by atoms with Crippen LogP contribution in [-0.4, -0.2) is 21.2 Å². The second kappa shape index (κ2) is 7.14. The Morgan fingerprint density at radius 3 is 2.48 bits per heavy atom. The van der Waals surface area contributed by atoms with Gasteiger partial charge in [-0.1, -0.05) is 12.1 Å². The number of pyridine rings is 1. The number of nitrogens with zero attached hydrogens (tertiary/aromatic N) is 2. The molecule has 0 aliphatic rings. The number of carbonyl (C=O) groups excluding carboxylic acids is 1. The predicted molar refractivity (Wildman–Crippen MR) is 89.7 cm³/mol. The minimum Gasteiger partial charge on any atom is -0.445 e. The zero-order valence-electron chi connectivity index (χ0n) is 13.5. The van der Waals surface area contributed by atoms with Crippen molar-refractivity contribution in [2.45, 2.75) is 19.1 Å². The van der Waals surface area contributed by atoms with Crippen LogP contribution in [0.25, 0.3) is 0 Å². The van der Waals surface area contributed by atoms with E-state index in [1.807, 2.05) is 0 Å². The van der Waals surface area contributed by atoms with E-state index in [2.05, 4.69) is 15.3 Å². The van der Waals surface area contributed by atoms with Crippen LogP contribution in [0.15, 0.2) is 65.8 Å². The van der Waals surface area contributed by atoms with Crippen LogP contribution in [0.5, 0.6) is 0 Å². The maximum atomic E-state index is 11.8. The third kappa shape index (κ3) is 4.02. The molecule has 0 fully saturated rings. The number of aliphatic hydroxyl groups is 1. The number of oxazole rings is 1. The van der Waals surface area contributed by atoms with Gasteiger partial charge in [0.15, 0.2) is 18.8 Å². The van der Waals surface area contributed by atoms with E-state index in [1.54, 1.807) is 55.7 Å². The molecule has 0 aliphatic carbocycles. The van der Waals surface area contributed by atoms with E-state index in [0.717, 1.165) is 5.56 Å². The van der Waals surface area contributed by atoms with E-state index in [0.29, 0.717) is 17.0 Å². The predicted octanol–water partition coefficient (Wildman–Crippen LogP) is 3.07. The number of amides is 1. The summed E-state index contributed by atoms with van der Waals surface area (Å²) >= 11 is 0. The molecule has 1 amide bonds. The number of anilines is 1. The quantitative estimate of drug-likeness (QED) is 0.741. The molecular formula is C18H17N3O4. The van der Waals surface area contributed by atoms with Crippen molar-refractivity contribution in [2.75, 3.05) is 5.32 Å². The first kappa shape index (κ1) is 16.7. The Morgan fingerprint density at radius 2 is 1.84 bits per heavy atom. The molecule has 2 N–H and O–H groups in total. The van der Waals surface area contributed by atoms with Gasteiger partial charge < -0.3 is 14.3 Å². The molecule has 1 aromatic carbocycles. The minimum atomic E-state index is -1.16. The van der Waals surface area contributed by atoms with Crippen molar-refractivity contribution in [3.05, 3.63) is 78.3 Å². The van der Waals surface area contributed by atoms with Crippen LogP contribution in [0.3, 0.4) is 0 Å². The topological polar surface area (TPSA) is 97.5 Å². The molecule has 0 saturated heterocycles. The lowest BCUT2D eigenvalue weighted by molar-refractivity contribution is 0.102. The van der Waals surface area contributed by atoms with Crippen LogP contribution >= 0.6 is 0 Å². The van der Waals surface area contributed by atoms with Gasteiger partial charge in [-0.15, -0.1) is 0 Å². The van der Waals surface area contributed by atoms with Crippen molar-refractivity contribution in [1.29, 1.82) is 0 Å². The highest BCUT2D eigenvalue weighted by molar-refractivity contribution is 5.84. The van der Waals surface area contributed by atoms with Gasteiger partial charge in [0.25, 0.3) is 0 Å². The molecule has 0 saturated carbocycles. The van der Waals surface area contributed by atoms with E-state index in [1.165, 1.54) is 12.6 Å². The number of ether oxygens (including phenoxy) is 1. The summed E-state index contributed by atoms with van der Waals surface area (Å²) in [5.41, 5.74) is 0.819. The monoisotopic (exact) mass is 339 g/mol. The average molecular weight is 339 g/mol. The highest BCUT2D eigenvalue weighted by Crippen LogP contribution is 2.29. The van der Waals surface area contributed by atoms with Crippen LogP contribution in [0.2, 0.25) is 0 Å². The first-order valence-electron chi connectivity index (χ1n) is 7.60. The van der Waals surface area contributed by atoms with E-state index in [4.69, 9.17) is 9.15 Å². The van der Waals surface area contributed by atoms with Crippen LogP contribution in [0.4, 0.5) is 10.5 Å². The van der Waals surface area contributed by atoms with Crippen molar-refractivity contribution in [1.82, 2.24) is 9.97 Å². The van der Waals surface area contributed by atoms with Crippen molar-refractivity contribution < 1.29 is 19.1 Å². The van der Waals surface area contributed by atoms with Gasteiger partial charge >= 0.3 is 6.09 Å². The Bertz CT molecular complexity index is 815. The van der Waals surface area contributed by atoms with E-state index in [9.17, 15) is 9.90 Å². The molecule has 128 valence electrons. The first-order valence-corrected chi connectivity index (χ1v) is 7.60. The summed E-state index contributed by atoms with van der Waals surface area (Å²) in [4.78, 5) is 19.4. The number of carbonyl (C=O) groups is 1. The molecular weight excluding hydrogens is 322 g/mol. The number of hydrogen-bond donors (Lipinski definition) is 2. The Kier molecular flexibility index (Phi) is 4.76. The van der Waals surface area contributed by atoms with Crippen molar-refractivity contribution in [2.24, 2.45) is 0 Å². The Labute approximate surface area is 144 Å². The summed E-state index contributed by atoms with van der Waals surface area (Å²) in [6.45, 7) is 1.71. The SMILES string of the molecule is CC(O)(c1ccncc1)c1ccc(NC(=O)OCc2cnco2)cc1. The fourth-order valence-electron chi connectivity index (χ4n) is 2.33. The summed E-state index contributed by atoms with van der Waals surface area (Å²) < 4.78 is 10.00. The standard InChI is InChI=1S/C18H17N3O4/c1-18(23,14-6-8-19-9-7-14)13-2-4-15(5-3-13)21-17(22)24-11-16-10-20-12-25-16/h2-10,12,23H,11H2,1H3,(H,21,22). The van der Waals surface area contributed by atoms with Crippen LogP contribution in [0, 0.1) is 0 Å². The molecule has 1 atom stereocenters. The molecule has 7 heteroatoms. The average Bonchev–Trinajstić information content (AvgIpc) is 3.15. The second-order valence-corrected chi connectivity index (χ2v) is 5.55. The Hall–Kier alpha value is -3.19.